The molecule has 0 radical (unpaired) electrons. The Bertz CT molecular complexity index is 579. The van der Waals surface area contributed by atoms with Crippen LogP contribution in [0.3, 0.4) is 0 Å². The molecule has 1 aromatic rings. The fourth-order valence-corrected chi connectivity index (χ4v) is 2.69. The fourth-order valence-electron chi connectivity index (χ4n) is 1.91. The van der Waals surface area contributed by atoms with E-state index in [1.165, 1.54) is 16.2 Å². The molecular formula is C15H25BN2O4S. The molecule has 0 aliphatic carbocycles. The molecule has 23 heavy (non-hydrogen) atoms. The maximum absolute atomic E-state index is 12.1. The second kappa shape index (κ2) is 5.75. The smallest absolute Gasteiger partial charge is 0.443 e. The molecule has 1 aliphatic heterocycles. The van der Waals surface area contributed by atoms with Gasteiger partial charge in [-0.2, -0.15) is 0 Å². The van der Waals surface area contributed by atoms with Crippen LogP contribution in [-0.2, 0) is 14.0 Å². The Balaban J connectivity index is 2.11. The molecule has 0 atom stereocenters. The summed E-state index contributed by atoms with van der Waals surface area (Å²) in [4.78, 5) is 18.0. The van der Waals surface area contributed by atoms with Gasteiger partial charge in [-0.25, -0.2) is 9.78 Å². The molecule has 0 aromatic carbocycles. The minimum absolute atomic E-state index is 0.418. The first-order valence-corrected chi connectivity index (χ1v) is 8.48. The predicted molar refractivity (Wildman–Crippen MR) is 92.5 cm³/mol. The van der Waals surface area contributed by atoms with E-state index in [4.69, 9.17) is 14.0 Å². The van der Waals surface area contributed by atoms with Gasteiger partial charge in [-0.3, -0.25) is 4.90 Å². The van der Waals surface area contributed by atoms with E-state index in [0.29, 0.717) is 10.7 Å². The minimum atomic E-state index is -0.544. The number of carbonyl (C=O) groups is 1. The van der Waals surface area contributed by atoms with E-state index in [1.54, 1.807) is 7.05 Å². The van der Waals surface area contributed by atoms with Crippen molar-refractivity contribution in [3.05, 3.63) is 5.38 Å². The number of ether oxygens (including phenoxy) is 1. The van der Waals surface area contributed by atoms with Crippen molar-refractivity contribution < 1.29 is 18.8 Å². The Morgan fingerprint density at radius 3 is 2.26 bits per heavy atom. The number of thiazole rings is 1. The third kappa shape index (κ3) is 3.87. The Hall–Kier alpha value is -1.12. The van der Waals surface area contributed by atoms with Crippen LogP contribution in [0.25, 0.3) is 0 Å². The van der Waals surface area contributed by atoms with Gasteiger partial charge >= 0.3 is 13.2 Å². The SMILES string of the molecule is CN(C(=O)OC(C)(C)C)c1nc(B2OC(C)(C)C(C)(C)O2)cs1. The van der Waals surface area contributed by atoms with Crippen molar-refractivity contribution in [2.24, 2.45) is 0 Å². The zero-order valence-corrected chi connectivity index (χ0v) is 15.9. The molecule has 2 rings (SSSR count). The van der Waals surface area contributed by atoms with Gasteiger partial charge in [0.15, 0.2) is 5.13 Å². The summed E-state index contributed by atoms with van der Waals surface area (Å²) in [5.41, 5.74) is -0.715. The largest absolute Gasteiger partial charge is 0.515 e. The molecule has 1 amide bonds. The highest BCUT2D eigenvalue weighted by molar-refractivity contribution is 7.14. The molecule has 1 aromatic heterocycles. The molecule has 128 valence electrons. The first kappa shape index (κ1) is 18.2. The lowest BCUT2D eigenvalue weighted by atomic mass is 9.86. The van der Waals surface area contributed by atoms with Crippen molar-refractivity contribution in [2.75, 3.05) is 11.9 Å². The van der Waals surface area contributed by atoms with E-state index < -0.39 is 30.0 Å². The summed E-state index contributed by atoms with van der Waals surface area (Å²) >= 11 is 1.35. The average Bonchev–Trinajstić information content (AvgIpc) is 2.90. The van der Waals surface area contributed by atoms with Crippen LogP contribution in [0.1, 0.15) is 48.5 Å². The lowest BCUT2D eigenvalue weighted by Crippen LogP contribution is -2.41. The second-order valence-corrected chi connectivity index (χ2v) is 8.52. The monoisotopic (exact) mass is 340 g/mol. The highest BCUT2D eigenvalue weighted by atomic mass is 32.1. The fraction of sp³-hybridized carbons (Fsp3) is 0.733. The number of amides is 1. The zero-order chi connectivity index (χ0) is 17.6. The summed E-state index contributed by atoms with van der Waals surface area (Å²) in [5, 5.41) is 2.39. The summed E-state index contributed by atoms with van der Waals surface area (Å²) in [6.45, 7) is 13.5. The normalized spacial score (nSPS) is 19.7. The number of hydrogen-bond acceptors (Lipinski definition) is 6. The lowest BCUT2D eigenvalue weighted by Gasteiger charge is -2.32. The number of hydrogen-bond donors (Lipinski definition) is 0. The van der Waals surface area contributed by atoms with E-state index in [1.807, 2.05) is 53.8 Å². The van der Waals surface area contributed by atoms with Crippen LogP contribution in [0.2, 0.25) is 0 Å². The molecule has 6 nitrogen and oxygen atoms in total. The van der Waals surface area contributed by atoms with Crippen molar-refractivity contribution in [3.8, 4) is 0 Å². The van der Waals surface area contributed by atoms with Gasteiger partial charge in [0, 0.05) is 12.4 Å². The van der Waals surface area contributed by atoms with E-state index in [2.05, 4.69) is 4.98 Å². The van der Waals surface area contributed by atoms with E-state index in [0.717, 1.165) is 0 Å². The highest BCUT2D eigenvalue weighted by Crippen LogP contribution is 2.36. The molecule has 1 aliphatic rings. The third-order valence-electron chi connectivity index (χ3n) is 3.96. The van der Waals surface area contributed by atoms with Gasteiger partial charge in [0.1, 0.15) is 5.60 Å². The van der Waals surface area contributed by atoms with Gasteiger partial charge in [-0.05, 0) is 48.5 Å². The van der Waals surface area contributed by atoms with Crippen molar-refractivity contribution >= 4 is 35.3 Å². The second-order valence-electron chi connectivity index (χ2n) is 7.68. The summed E-state index contributed by atoms with van der Waals surface area (Å²) in [6, 6.07) is 0. The number of rotatable bonds is 2. The first-order valence-electron chi connectivity index (χ1n) is 7.60. The number of carbonyl (C=O) groups excluding carboxylic acids is 1. The van der Waals surface area contributed by atoms with Crippen LogP contribution in [0, 0.1) is 0 Å². The first-order chi connectivity index (χ1) is 10.3. The maximum atomic E-state index is 12.1. The molecule has 8 heteroatoms. The third-order valence-corrected chi connectivity index (χ3v) is 4.89. The predicted octanol–water partition coefficient (Wildman–Crippen LogP) is 2.81. The van der Waals surface area contributed by atoms with Gasteiger partial charge in [0.2, 0.25) is 0 Å². The highest BCUT2D eigenvalue weighted by Gasteiger charge is 2.52. The molecule has 1 saturated heterocycles. The molecule has 0 bridgehead atoms. The molecule has 0 unspecified atom stereocenters. The van der Waals surface area contributed by atoms with Gasteiger partial charge in [-0.15, -0.1) is 11.3 Å². The summed E-state index contributed by atoms with van der Waals surface area (Å²) in [5.74, 6) is 0. The van der Waals surface area contributed by atoms with Gasteiger partial charge in [0.25, 0.3) is 0 Å². The van der Waals surface area contributed by atoms with E-state index >= 15 is 0 Å². The Morgan fingerprint density at radius 1 is 1.26 bits per heavy atom. The lowest BCUT2D eigenvalue weighted by molar-refractivity contribution is 0.00578. The maximum Gasteiger partial charge on any atom is 0.515 e. The van der Waals surface area contributed by atoms with Crippen LogP contribution in [0.5, 0.6) is 0 Å². The summed E-state index contributed by atoms with van der Waals surface area (Å²) in [6.07, 6.45) is -0.438. The van der Waals surface area contributed by atoms with E-state index in [9.17, 15) is 4.79 Å². The van der Waals surface area contributed by atoms with Gasteiger partial charge in [-0.1, -0.05) is 0 Å². The number of aromatic nitrogens is 1. The molecule has 0 saturated carbocycles. The molecular weight excluding hydrogens is 315 g/mol. The quantitative estimate of drug-likeness (QED) is 0.775. The summed E-state index contributed by atoms with van der Waals surface area (Å²) in [7, 11) is 1.11. The van der Waals surface area contributed by atoms with Crippen LogP contribution in [-0.4, -0.2) is 42.0 Å². The Morgan fingerprint density at radius 2 is 1.78 bits per heavy atom. The minimum Gasteiger partial charge on any atom is -0.443 e. The van der Waals surface area contributed by atoms with Crippen LogP contribution in [0.15, 0.2) is 5.38 Å². The van der Waals surface area contributed by atoms with Crippen LogP contribution in [0.4, 0.5) is 9.93 Å². The van der Waals surface area contributed by atoms with Gasteiger partial charge < -0.3 is 14.0 Å². The topological polar surface area (TPSA) is 60.9 Å². The van der Waals surface area contributed by atoms with Crippen molar-refractivity contribution in [1.29, 1.82) is 0 Å². The van der Waals surface area contributed by atoms with Crippen LogP contribution < -0.4 is 10.5 Å². The van der Waals surface area contributed by atoms with Crippen molar-refractivity contribution in [3.63, 3.8) is 0 Å². The molecule has 1 fully saturated rings. The molecule has 2 heterocycles. The number of nitrogens with zero attached hydrogens (tertiary/aromatic N) is 2. The molecule has 0 spiro atoms. The van der Waals surface area contributed by atoms with Gasteiger partial charge in [0.05, 0.1) is 16.8 Å². The van der Waals surface area contributed by atoms with Crippen molar-refractivity contribution in [1.82, 2.24) is 4.98 Å². The Kier molecular flexibility index (Phi) is 4.56. The van der Waals surface area contributed by atoms with Crippen molar-refractivity contribution in [2.45, 2.75) is 65.3 Å². The zero-order valence-electron chi connectivity index (χ0n) is 15.1. The van der Waals surface area contributed by atoms with Crippen LogP contribution >= 0.6 is 11.3 Å². The Labute approximate surface area is 142 Å². The molecule has 0 N–H and O–H groups in total. The number of anilines is 1. The standard InChI is InChI=1S/C15H25BN2O4S/c1-13(2,3)20-12(19)18(8)11-17-10(9-23-11)16-21-14(4,5)15(6,7)22-16/h9H,1-8H3. The average molecular weight is 340 g/mol. The summed E-state index contributed by atoms with van der Waals surface area (Å²) < 4.78 is 17.3. The van der Waals surface area contributed by atoms with E-state index in [-0.39, 0.29) is 0 Å².